The van der Waals surface area contributed by atoms with Crippen LogP contribution in [0.4, 0.5) is 0 Å². The number of carbonyl (C=O) groups is 1. The van der Waals surface area contributed by atoms with E-state index in [0.717, 1.165) is 26.1 Å². The van der Waals surface area contributed by atoms with Gasteiger partial charge in [-0.2, -0.15) is 0 Å². The molecule has 0 spiro atoms. The molecule has 52 valence electrons. The predicted octanol–water partition coefficient (Wildman–Crippen LogP) is -0.514. The molecule has 0 aromatic carbocycles. The van der Waals surface area contributed by atoms with Crippen LogP contribution in [0.3, 0.4) is 0 Å². The topological polar surface area (TPSA) is 41.1 Å². The van der Waals surface area contributed by atoms with E-state index in [-0.39, 0.29) is 5.91 Å². The molecule has 0 aromatic heterocycles. The van der Waals surface area contributed by atoms with E-state index in [1.165, 1.54) is 0 Å². The molecule has 0 aromatic rings. The number of hydrogen-bond acceptors (Lipinski definition) is 2. The quantitative estimate of drug-likeness (QED) is 0.461. The second-order valence-electron chi connectivity index (χ2n) is 2.20. The van der Waals surface area contributed by atoms with Crippen molar-refractivity contribution in [1.29, 1.82) is 0 Å². The fourth-order valence-electron chi connectivity index (χ4n) is 0.857. The van der Waals surface area contributed by atoms with E-state index in [0.29, 0.717) is 6.42 Å². The molecule has 0 radical (unpaired) electrons. The molecule has 9 heavy (non-hydrogen) atoms. The minimum atomic E-state index is 0.169. The third kappa shape index (κ3) is 2.46. The van der Waals surface area contributed by atoms with Crippen molar-refractivity contribution in [2.75, 3.05) is 19.6 Å². The summed E-state index contributed by atoms with van der Waals surface area (Å²) < 4.78 is 0. The molecule has 0 atom stereocenters. The molecule has 1 fully saturated rings. The highest BCUT2D eigenvalue weighted by atomic mass is 16.1. The van der Waals surface area contributed by atoms with Gasteiger partial charge in [0.1, 0.15) is 0 Å². The van der Waals surface area contributed by atoms with E-state index in [4.69, 9.17) is 0 Å². The van der Waals surface area contributed by atoms with Gasteiger partial charge >= 0.3 is 0 Å². The largest absolute Gasteiger partial charge is 0.356 e. The lowest BCUT2D eigenvalue weighted by Gasteiger charge is -2.10. The summed E-state index contributed by atoms with van der Waals surface area (Å²) in [7, 11) is 0. The summed E-state index contributed by atoms with van der Waals surface area (Å²) in [5, 5.41) is 5.96. The Morgan fingerprint density at radius 2 is 2.11 bits per heavy atom. The zero-order valence-corrected chi connectivity index (χ0v) is 5.44. The summed E-state index contributed by atoms with van der Waals surface area (Å²) in [5.74, 6) is 0.169. The van der Waals surface area contributed by atoms with E-state index in [2.05, 4.69) is 10.6 Å². The van der Waals surface area contributed by atoms with Crippen molar-refractivity contribution in [3.8, 4) is 0 Å². The Labute approximate surface area is 54.8 Å². The van der Waals surface area contributed by atoms with E-state index < -0.39 is 0 Å². The predicted molar refractivity (Wildman–Crippen MR) is 35.1 cm³/mol. The monoisotopic (exact) mass is 128 g/mol. The van der Waals surface area contributed by atoms with Gasteiger partial charge in [-0.25, -0.2) is 0 Å². The van der Waals surface area contributed by atoms with Crippen LogP contribution in [0.5, 0.6) is 0 Å². The molecule has 1 heterocycles. The van der Waals surface area contributed by atoms with Crippen molar-refractivity contribution >= 4 is 5.91 Å². The molecular formula is C6H12N2O. The molecule has 1 rings (SSSR count). The average molecular weight is 128 g/mol. The first-order chi connectivity index (χ1) is 4.39. The van der Waals surface area contributed by atoms with Gasteiger partial charge in [0.15, 0.2) is 0 Å². The highest BCUT2D eigenvalue weighted by molar-refractivity contribution is 5.76. The maximum atomic E-state index is 10.7. The van der Waals surface area contributed by atoms with Gasteiger partial charge in [-0.05, 0) is 13.0 Å². The van der Waals surface area contributed by atoms with E-state index in [1.807, 2.05) is 0 Å². The molecule has 2 N–H and O–H groups in total. The molecule has 0 unspecified atom stereocenters. The van der Waals surface area contributed by atoms with Crippen molar-refractivity contribution in [3.05, 3.63) is 0 Å². The lowest BCUT2D eigenvalue weighted by atomic mass is 10.3. The Morgan fingerprint density at radius 1 is 1.22 bits per heavy atom. The molecule has 1 saturated heterocycles. The van der Waals surface area contributed by atoms with Gasteiger partial charge in [0.05, 0.1) is 0 Å². The molecule has 0 bridgehead atoms. The number of rotatable bonds is 0. The summed E-state index contributed by atoms with van der Waals surface area (Å²) in [4.78, 5) is 10.7. The van der Waals surface area contributed by atoms with Crippen LogP contribution in [0, 0.1) is 0 Å². The van der Waals surface area contributed by atoms with Crippen molar-refractivity contribution in [3.63, 3.8) is 0 Å². The summed E-state index contributed by atoms with van der Waals surface area (Å²) in [5.41, 5.74) is 0. The average Bonchev–Trinajstić information content (AvgIpc) is 1.79. The summed E-state index contributed by atoms with van der Waals surface area (Å²) in [6.45, 7) is 2.68. The van der Waals surface area contributed by atoms with Crippen molar-refractivity contribution in [1.82, 2.24) is 10.6 Å². The van der Waals surface area contributed by atoms with Crippen molar-refractivity contribution < 1.29 is 4.79 Å². The van der Waals surface area contributed by atoms with E-state index in [1.54, 1.807) is 0 Å². The van der Waals surface area contributed by atoms with Crippen molar-refractivity contribution in [2.24, 2.45) is 0 Å². The maximum Gasteiger partial charge on any atom is 0.221 e. The zero-order chi connectivity index (χ0) is 6.53. The number of amides is 1. The van der Waals surface area contributed by atoms with Crippen LogP contribution in [0.25, 0.3) is 0 Å². The Bertz CT molecular complexity index is 93.2. The molecule has 1 aliphatic rings. The van der Waals surface area contributed by atoms with E-state index >= 15 is 0 Å². The highest BCUT2D eigenvalue weighted by Crippen LogP contribution is 1.83. The smallest absolute Gasteiger partial charge is 0.221 e. The lowest BCUT2D eigenvalue weighted by molar-refractivity contribution is -0.121. The van der Waals surface area contributed by atoms with Crippen LogP contribution in [-0.2, 0) is 4.79 Å². The van der Waals surface area contributed by atoms with Crippen LogP contribution in [0.2, 0.25) is 0 Å². The standard InChI is InChI=1S/C6H12N2O/c9-6-2-5-7-3-1-4-8-6/h7H,1-5H2,(H,8,9). The molecule has 3 nitrogen and oxygen atoms in total. The van der Waals surface area contributed by atoms with Gasteiger partial charge in [0.25, 0.3) is 0 Å². The Morgan fingerprint density at radius 3 is 3.00 bits per heavy atom. The van der Waals surface area contributed by atoms with Gasteiger partial charge in [0.2, 0.25) is 5.91 Å². The second-order valence-corrected chi connectivity index (χ2v) is 2.20. The van der Waals surface area contributed by atoms with Crippen molar-refractivity contribution in [2.45, 2.75) is 12.8 Å². The van der Waals surface area contributed by atoms with Gasteiger partial charge in [-0.1, -0.05) is 0 Å². The molecular weight excluding hydrogens is 116 g/mol. The molecule has 0 saturated carbocycles. The zero-order valence-electron chi connectivity index (χ0n) is 5.44. The summed E-state index contributed by atoms with van der Waals surface area (Å²) in [6, 6.07) is 0. The lowest BCUT2D eigenvalue weighted by Crippen LogP contribution is -2.33. The van der Waals surface area contributed by atoms with E-state index in [9.17, 15) is 4.79 Å². The van der Waals surface area contributed by atoms with Crippen LogP contribution in [0.1, 0.15) is 12.8 Å². The van der Waals surface area contributed by atoms with Gasteiger partial charge in [-0.15, -0.1) is 0 Å². The maximum absolute atomic E-state index is 10.7. The van der Waals surface area contributed by atoms with Gasteiger partial charge in [-0.3, -0.25) is 4.79 Å². The Kier molecular flexibility index (Phi) is 2.51. The van der Waals surface area contributed by atoms with Crippen LogP contribution in [-0.4, -0.2) is 25.5 Å². The summed E-state index contributed by atoms with van der Waals surface area (Å²) in [6.07, 6.45) is 1.67. The molecule has 3 heteroatoms. The minimum absolute atomic E-state index is 0.169. The van der Waals surface area contributed by atoms with Crippen LogP contribution < -0.4 is 10.6 Å². The molecule has 0 aliphatic carbocycles. The fourth-order valence-corrected chi connectivity index (χ4v) is 0.857. The number of carbonyl (C=O) groups excluding carboxylic acids is 1. The van der Waals surface area contributed by atoms with Crippen LogP contribution >= 0.6 is 0 Å². The van der Waals surface area contributed by atoms with Crippen LogP contribution in [0.15, 0.2) is 0 Å². The minimum Gasteiger partial charge on any atom is -0.356 e. The third-order valence-electron chi connectivity index (χ3n) is 1.38. The first-order valence-corrected chi connectivity index (χ1v) is 3.37. The first kappa shape index (κ1) is 6.55. The number of nitrogens with one attached hydrogen (secondary N) is 2. The third-order valence-corrected chi connectivity index (χ3v) is 1.38. The SMILES string of the molecule is O=C1CCNCCCN1. The Hall–Kier alpha value is -0.570. The van der Waals surface area contributed by atoms with Gasteiger partial charge in [0, 0.05) is 19.5 Å². The first-order valence-electron chi connectivity index (χ1n) is 3.37. The highest BCUT2D eigenvalue weighted by Gasteiger charge is 2.01. The molecule has 1 amide bonds. The molecule has 1 aliphatic heterocycles. The second kappa shape index (κ2) is 3.45. The summed E-state index contributed by atoms with van der Waals surface area (Å²) >= 11 is 0. The van der Waals surface area contributed by atoms with Gasteiger partial charge < -0.3 is 10.6 Å². The number of hydrogen-bond donors (Lipinski definition) is 2. The Balaban J connectivity index is 2.20. The fraction of sp³-hybridized carbons (Fsp3) is 0.833. The normalized spacial score (nSPS) is 22.0.